The molecule has 2 heterocycles. The SMILES string of the molecule is CCOC(=O)N1CCN(C(=O)C(C)n2cc(NC(=O)c3ccc(COc4cccc(Cl)c4)cc3)c(C)n2)CC1. The van der Waals surface area contributed by atoms with Crippen LogP contribution in [0.2, 0.25) is 5.02 Å². The van der Waals surface area contributed by atoms with Gasteiger partial charge >= 0.3 is 6.09 Å². The monoisotopic (exact) mass is 553 g/mol. The van der Waals surface area contributed by atoms with Gasteiger partial charge in [-0.3, -0.25) is 14.3 Å². The van der Waals surface area contributed by atoms with E-state index in [0.717, 1.165) is 5.56 Å². The van der Waals surface area contributed by atoms with Crippen LogP contribution in [0.15, 0.2) is 54.7 Å². The number of piperazine rings is 1. The molecule has 1 N–H and O–H groups in total. The molecule has 1 aromatic heterocycles. The number of hydrogen-bond donors (Lipinski definition) is 1. The normalized spacial score (nSPS) is 14.1. The Hall–Kier alpha value is -4.05. The number of aromatic nitrogens is 2. The quantitative estimate of drug-likeness (QED) is 0.439. The van der Waals surface area contributed by atoms with Crippen molar-refractivity contribution in [2.75, 3.05) is 38.1 Å². The van der Waals surface area contributed by atoms with Crippen LogP contribution in [0.3, 0.4) is 0 Å². The van der Waals surface area contributed by atoms with Gasteiger partial charge in [-0.15, -0.1) is 0 Å². The lowest BCUT2D eigenvalue weighted by molar-refractivity contribution is -0.136. The summed E-state index contributed by atoms with van der Waals surface area (Å²) in [6, 6.07) is 13.7. The maximum absolute atomic E-state index is 13.1. The van der Waals surface area contributed by atoms with E-state index in [0.29, 0.717) is 67.1 Å². The summed E-state index contributed by atoms with van der Waals surface area (Å²) in [5, 5.41) is 7.94. The number of rotatable bonds is 8. The highest BCUT2D eigenvalue weighted by Gasteiger charge is 2.29. The van der Waals surface area contributed by atoms with Gasteiger partial charge in [-0.05, 0) is 56.7 Å². The van der Waals surface area contributed by atoms with Crippen molar-refractivity contribution in [1.29, 1.82) is 0 Å². The van der Waals surface area contributed by atoms with E-state index in [1.54, 1.807) is 65.7 Å². The van der Waals surface area contributed by atoms with Crippen LogP contribution in [0.1, 0.15) is 41.5 Å². The van der Waals surface area contributed by atoms with Crippen LogP contribution < -0.4 is 10.1 Å². The predicted molar refractivity (Wildman–Crippen MR) is 147 cm³/mol. The summed E-state index contributed by atoms with van der Waals surface area (Å²) in [7, 11) is 0. The van der Waals surface area contributed by atoms with Gasteiger partial charge in [0.2, 0.25) is 5.91 Å². The van der Waals surface area contributed by atoms with Gasteiger partial charge in [0.1, 0.15) is 18.4 Å². The summed E-state index contributed by atoms with van der Waals surface area (Å²) < 4.78 is 12.3. The number of anilines is 1. The van der Waals surface area contributed by atoms with E-state index < -0.39 is 6.04 Å². The molecule has 11 heteroatoms. The molecule has 0 saturated carbocycles. The molecule has 0 aliphatic carbocycles. The van der Waals surface area contributed by atoms with Crippen LogP contribution >= 0.6 is 11.6 Å². The van der Waals surface area contributed by atoms with E-state index in [-0.39, 0.29) is 17.9 Å². The second kappa shape index (κ2) is 12.7. The van der Waals surface area contributed by atoms with E-state index in [1.165, 1.54) is 0 Å². The van der Waals surface area contributed by atoms with E-state index in [1.807, 2.05) is 24.3 Å². The van der Waals surface area contributed by atoms with Crippen LogP contribution in [0.25, 0.3) is 0 Å². The minimum Gasteiger partial charge on any atom is -0.489 e. The molecule has 1 atom stereocenters. The van der Waals surface area contributed by atoms with Crippen molar-refractivity contribution in [2.45, 2.75) is 33.4 Å². The van der Waals surface area contributed by atoms with Crippen LogP contribution in [-0.4, -0.2) is 70.3 Å². The fourth-order valence-electron chi connectivity index (χ4n) is 4.17. The van der Waals surface area contributed by atoms with Crippen molar-refractivity contribution in [3.8, 4) is 5.75 Å². The van der Waals surface area contributed by atoms with E-state index >= 15 is 0 Å². The van der Waals surface area contributed by atoms with Crippen molar-refractivity contribution in [1.82, 2.24) is 19.6 Å². The Morgan fingerprint density at radius 3 is 2.41 bits per heavy atom. The summed E-state index contributed by atoms with van der Waals surface area (Å²) in [4.78, 5) is 41.2. The highest BCUT2D eigenvalue weighted by atomic mass is 35.5. The van der Waals surface area contributed by atoms with Crippen LogP contribution in [0, 0.1) is 6.92 Å². The van der Waals surface area contributed by atoms with Crippen molar-refractivity contribution in [3.05, 3.63) is 76.6 Å². The zero-order valence-corrected chi connectivity index (χ0v) is 23.0. The summed E-state index contributed by atoms with van der Waals surface area (Å²) >= 11 is 5.99. The van der Waals surface area contributed by atoms with E-state index in [2.05, 4.69) is 10.4 Å². The second-order valence-corrected chi connectivity index (χ2v) is 9.63. The maximum atomic E-state index is 13.1. The third-order valence-corrected chi connectivity index (χ3v) is 6.69. The summed E-state index contributed by atoms with van der Waals surface area (Å²) in [6.07, 6.45) is 1.30. The molecule has 3 aromatic rings. The third kappa shape index (κ3) is 7.08. The summed E-state index contributed by atoms with van der Waals surface area (Å²) in [5.74, 6) is 0.284. The molecule has 1 saturated heterocycles. The van der Waals surface area contributed by atoms with Crippen LogP contribution in [-0.2, 0) is 16.1 Å². The molecule has 1 unspecified atom stereocenters. The van der Waals surface area contributed by atoms with Gasteiger partial charge in [-0.25, -0.2) is 4.79 Å². The molecule has 0 bridgehead atoms. The molecular weight excluding hydrogens is 522 g/mol. The Balaban J connectivity index is 1.31. The molecule has 39 heavy (non-hydrogen) atoms. The molecule has 2 aromatic carbocycles. The molecule has 0 spiro atoms. The Bertz CT molecular complexity index is 1320. The average molecular weight is 554 g/mol. The molecule has 1 aliphatic rings. The van der Waals surface area contributed by atoms with Crippen LogP contribution in [0.4, 0.5) is 10.5 Å². The molecule has 3 amide bonds. The van der Waals surface area contributed by atoms with Crippen LogP contribution in [0.5, 0.6) is 5.75 Å². The van der Waals surface area contributed by atoms with Gasteiger partial charge in [0.15, 0.2) is 0 Å². The minimum atomic E-state index is -0.567. The largest absolute Gasteiger partial charge is 0.489 e. The first-order valence-electron chi connectivity index (χ1n) is 12.8. The molecule has 1 fully saturated rings. The number of carbonyl (C=O) groups excluding carboxylic acids is 3. The second-order valence-electron chi connectivity index (χ2n) is 9.19. The predicted octanol–water partition coefficient (Wildman–Crippen LogP) is 4.54. The molecule has 4 rings (SSSR count). The van der Waals surface area contributed by atoms with Crippen molar-refractivity contribution in [2.24, 2.45) is 0 Å². The van der Waals surface area contributed by atoms with E-state index in [4.69, 9.17) is 21.1 Å². The van der Waals surface area contributed by atoms with Gasteiger partial charge < -0.3 is 24.6 Å². The van der Waals surface area contributed by atoms with Gasteiger partial charge in [-0.2, -0.15) is 5.10 Å². The average Bonchev–Trinajstić information content (AvgIpc) is 3.31. The standard InChI is InChI=1S/C28H32ClN5O5/c1-4-38-28(37)33-14-12-32(13-15-33)27(36)20(3)34-17-25(19(2)31-34)30-26(35)22-10-8-21(9-11-22)18-39-24-7-5-6-23(29)16-24/h5-11,16-17,20H,4,12-15,18H2,1-3H3,(H,30,35). The van der Waals surface area contributed by atoms with Crippen molar-refractivity contribution in [3.63, 3.8) is 0 Å². The lowest BCUT2D eigenvalue weighted by Gasteiger charge is -2.35. The Kier molecular flexibility index (Phi) is 9.08. The Labute approximate surface area is 232 Å². The van der Waals surface area contributed by atoms with E-state index in [9.17, 15) is 14.4 Å². The topological polar surface area (TPSA) is 106 Å². The fraction of sp³-hybridized carbons (Fsp3) is 0.357. The first kappa shape index (κ1) is 28.0. The number of amides is 3. The maximum Gasteiger partial charge on any atom is 0.409 e. The third-order valence-electron chi connectivity index (χ3n) is 6.45. The van der Waals surface area contributed by atoms with Crippen molar-refractivity contribution >= 4 is 35.2 Å². The molecular formula is C28H32ClN5O5. The zero-order valence-electron chi connectivity index (χ0n) is 22.2. The van der Waals surface area contributed by atoms with Gasteiger partial charge in [0.05, 0.1) is 18.0 Å². The number of hydrogen-bond acceptors (Lipinski definition) is 6. The first-order chi connectivity index (χ1) is 18.7. The van der Waals surface area contributed by atoms with Gasteiger partial charge in [-0.1, -0.05) is 29.8 Å². The highest BCUT2D eigenvalue weighted by Crippen LogP contribution is 2.21. The summed E-state index contributed by atoms with van der Waals surface area (Å²) in [5.41, 5.74) is 2.52. The molecule has 0 radical (unpaired) electrons. The number of nitrogens with zero attached hydrogens (tertiary/aromatic N) is 4. The van der Waals surface area contributed by atoms with Gasteiger partial charge in [0, 0.05) is 43.0 Å². The Morgan fingerprint density at radius 1 is 1.05 bits per heavy atom. The number of carbonyl (C=O) groups is 3. The molecule has 1 aliphatic heterocycles. The minimum absolute atomic E-state index is 0.102. The number of nitrogens with one attached hydrogen (secondary N) is 1. The number of benzene rings is 2. The van der Waals surface area contributed by atoms with Gasteiger partial charge in [0.25, 0.3) is 5.91 Å². The number of aryl methyl sites for hydroxylation is 1. The lowest BCUT2D eigenvalue weighted by Crippen LogP contribution is -2.52. The summed E-state index contributed by atoms with van der Waals surface area (Å²) in [6.45, 7) is 7.65. The molecule has 206 valence electrons. The molecule has 10 nitrogen and oxygen atoms in total. The Morgan fingerprint density at radius 2 is 1.74 bits per heavy atom. The highest BCUT2D eigenvalue weighted by molar-refractivity contribution is 6.30. The van der Waals surface area contributed by atoms with Crippen molar-refractivity contribution < 1.29 is 23.9 Å². The zero-order chi connectivity index (χ0) is 27.9. The fourth-order valence-corrected chi connectivity index (χ4v) is 4.35. The number of halogens is 1. The first-order valence-corrected chi connectivity index (χ1v) is 13.2. The number of ether oxygens (including phenoxy) is 2. The lowest BCUT2D eigenvalue weighted by atomic mass is 10.1. The smallest absolute Gasteiger partial charge is 0.409 e.